The van der Waals surface area contributed by atoms with Gasteiger partial charge in [0, 0.05) is 6.42 Å². The Labute approximate surface area is 353 Å². The van der Waals surface area contributed by atoms with Crippen molar-refractivity contribution in [3.63, 3.8) is 0 Å². The number of hydrogen-bond donors (Lipinski definition) is 3. The number of aliphatic hydroxyl groups is 2. The Morgan fingerprint density at radius 2 is 0.571 bits per heavy atom. The third-order valence-corrected chi connectivity index (χ3v) is 12.6. The van der Waals surface area contributed by atoms with Crippen molar-refractivity contribution in [1.82, 2.24) is 5.32 Å². The van der Waals surface area contributed by atoms with Crippen LogP contribution in [0.3, 0.4) is 0 Å². The average molecular weight is 792 g/mol. The molecule has 0 aliphatic carbocycles. The fourth-order valence-corrected chi connectivity index (χ4v) is 8.60. The van der Waals surface area contributed by atoms with Crippen LogP contribution in [0.4, 0.5) is 0 Å². The van der Waals surface area contributed by atoms with Crippen LogP contribution >= 0.6 is 0 Å². The van der Waals surface area contributed by atoms with Crippen LogP contribution in [0.2, 0.25) is 0 Å². The molecule has 0 aromatic rings. The Hall–Kier alpha value is -0.610. The maximum absolute atomic E-state index is 12.4. The molecule has 0 aliphatic heterocycles. The largest absolute Gasteiger partial charge is 0.394 e. The lowest BCUT2D eigenvalue weighted by atomic mass is 10.0. The summed E-state index contributed by atoms with van der Waals surface area (Å²) in [6, 6.07) is -0.529. The van der Waals surface area contributed by atoms with Gasteiger partial charge in [-0.3, -0.25) is 4.79 Å². The Bertz CT molecular complexity index is 729. The first-order valence-corrected chi connectivity index (χ1v) is 26.2. The number of rotatable bonds is 49. The zero-order chi connectivity index (χ0) is 40.7. The summed E-state index contributed by atoms with van der Waals surface area (Å²) in [4.78, 5) is 12.4. The Kier molecular flexibility index (Phi) is 48.2. The van der Waals surface area contributed by atoms with Gasteiger partial charge in [0.05, 0.1) is 18.8 Å². The van der Waals surface area contributed by atoms with Crippen LogP contribution in [0.25, 0.3) is 0 Å². The summed E-state index contributed by atoms with van der Waals surface area (Å²) in [7, 11) is 0. The molecular formula is C52H105NO3. The molecule has 0 saturated heterocycles. The first kappa shape index (κ1) is 55.4. The minimum absolute atomic E-state index is 0.0266. The van der Waals surface area contributed by atoms with Crippen molar-refractivity contribution in [2.75, 3.05) is 6.61 Å². The van der Waals surface area contributed by atoms with Crippen LogP contribution in [0, 0.1) is 0 Å². The molecule has 0 aromatic heterocycles. The number of unbranched alkanes of at least 4 members (excludes halogenated alkanes) is 42. The second-order valence-corrected chi connectivity index (χ2v) is 18.3. The molecule has 0 radical (unpaired) electrons. The third kappa shape index (κ3) is 44.5. The van der Waals surface area contributed by atoms with E-state index in [0.717, 1.165) is 25.7 Å². The molecule has 0 saturated carbocycles. The van der Waals surface area contributed by atoms with E-state index in [1.54, 1.807) is 0 Å². The molecule has 336 valence electrons. The standard InChI is InChI=1S/C52H105NO3/c1-3-5-7-9-11-13-15-17-18-19-20-21-22-23-24-25-26-27-28-29-30-31-32-33-34-35-36-37-39-41-43-45-47-51(55)50(49-54)53-52(56)48-46-44-42-40-38-16-14-12-10-8-6-4-2/h50-51,54-55H,3-49H2,1-2H3,(H,53,56). The first-order valence-electron chi connectivity index (χ1n) is 26.2. The quantitative estimate of drug-likeness (QED) is 0.0538. The van der Waals surface area contributed by atoms with Crippen molar-refractivity contribution < 1.29 is 15.0 Å². The van der Waals surface area contributed by atoms with E-state index in [-0.39, 0.29) is 12.5 Å². The average Bonchev–Trinajstić information content (AvgIpc) is 3.20. The normalized spacial score (nSPS) is 12.7. The molecule has 0 aromatic carbocycles. The zero-order valence-electron chi connectivity index (χ0n) is 38.7. The van der Waals surface area contributed by atoms with Crippen molar-refractivity contribution in [2.45, 2.75) is 321 Å². The minimum Gasteiger partial charge on any atom is -0.394 e. The summed E-state index contributed by atoms with van der Waals surface area (Å²) < 4.78 is 0. The van der Waals surface area contributed by atoms with Crippen LogP contribution in [0.1, 0.15) is 309 Å². The number of aliphatic hydroxyl groups excluding tert-OH is 2. The van der Waals surface area contributed by atoms with Crippen LogP contribution in [-0.4, -0.2) is 34.9 Å². The smallest absolute Gasteiger partial charge is 0.220 e. The van der Waals surface area contributed by atoms with Crippen molar-refractivity contribution in [2.24, 2.45) is 0 Å². The lowest BCUT2D eigenvalue weighted by Crippen LogP contribution is -2.45. The molecule has 0 heterocycles. The second-order valence-electron chi connectivity index (χ2n) is 18.3. The van der Waals surface area contributed by atoms with Crippen molar-refractivity contribution in [3.05, 3.63) is 0 Å². The molecule has 0 aliphatic rings. The maximum Gasteiger partial charge on any atom is 0.220 e. The molecule has 2 atom stereocenters. The molecule has 0 fully saturated rings. The fourth-order valence-electron chi connectivity index (χ4n) is 8.60. The molecule has 4 nitrogen and oxygen atoms in total. The highest BCUT2D eigenvalue weighted by Gasteiger charge is 2.20. The van der Waals surface area contributed by atoms with Crippen molar-refractivity contribution >= 4 is 5.91 Å². The summed E-state index contributed by atoms with van der Waals surface area (Å²) >= 11 is 0. The van der Waals surface area contributed by atoms with E-state index in [1.807, 2.05) is 0 Å². The van der Waals surface area contributed by atoms with Gasteiger partial charge in [-0.15, -0.1) is 0 Å². The molecule has 0 bridgehead atoms. The number of nitrogens with one attached hydrogen (secondary N) is 1. The predicted molar refractivity (Wildman–Crippen MR) is 249 cm³/mol. The molecule has 2 unspecified atom stereocenters. The molecule has 0 spiro atoms. The molecule has 56 heavy (non-hydrogen) atoms. The van der Waals surface area contributed by atoms with Crippen LogP contribution < -0.4 is 5.32 Å². The number of hydrogen-bond acceptors (Lipinski definition) is 3. The van der Waals surface area contributed by atoms with Gasteiger partial charge in [0.2, 0.25) is 5.91 Å². The van der Waals surface area contributed by atoms with Gasteiger partial charge in [0.1, 0.15) is 0 Å². The van der Waals surface area contributed by atoms with E-state index < -0.39 is 12.1 Å². The lowest BCUT2D eigenvalue weighted by molar-refractivity contribution is -0.123. The summed E-state index contributed by atoms with van der Waals surface area (Å²) in [5.41, 5.74) is 0. The van der Waals surface area contributed by atoms with Gasteiger partial charge < -0.3 is 15.5 Å². The predicted octanol–water partition coefficient (Wildman–Crippen LogP) is 16.8. The van der Waals surface area contributed by atoms with E-state index in [4.69, 9.17) is 0 Å². The summed E-state index contributed by atoms with van der Waals surface area (Å²) in [6.45, 7) is 4.38. The van der Waals surface area contributed by atoms with Crippen LogP contribution in [0.15, 0.2) is 0 Å². The zero-order valence-corrected chi connectivity index (χ0v) is 38.7. The first-order chi connectivity index (χ1) is 27.7. The van der Waals surface area contributed by atoms with Gasteiger partial charge in [0.15, 0.2) is 0 Å². The van der Waals surface area contributed by atoms with Gasteiger partial charge in [-0.1, -0.05) is 290 Å². The van der Waals surface area contributed by atoms with Gasteiger partial charge in [-0.05, 0) is 12.8 Å². The minimum atomic E-state index is -0.653. The van der Waals surface area contributed by atoms with Gasteiger partial charge >= 0.3 is 0 Å². The SMILES string of the molecule is CCCCCCCCCCCCCCCCCCCCCCCCCCCCCCCCCCC(O)C(CO)NC(=O)CCCCCCCCCCCCCC. The molecule has 4 heteroatoms. The van der Waals surface area contributed by atoms with Crippen LogP contribution in [-0.2, 0) is 4.79 Å². The Morgan fingerprint density at radius 3 is 0.804 bits per heavy atom. The van der Waals surface area contributed by atoms with E-state index in [0.29, 0.717) is 12.8 Å². The monoisotopic (exact) mass is 792 g/mol. The fraction of sp³-hybridized carbons (Fsp3) is 0.981. The topological polar surface area (TPSA) is 69.6 Å². The van der Waals surface area contributed by atoms with E-state index in [2.05, 4.69) is 19.2 Å². The highest BCUT2D eigenvalue weighted by Crippen LogP contribution is 2.18. The van der Waals surface area contributed by atoms with Gasteiger partial charge in [-0.2, -0.15) is 0 Å². The van der Waals surface area contributed by atoms with E-state index in [1.165, 1.54) is 257 Å². The second kappa shape index (κ2) is 48.8. The number of carbonyl (C=O) groups excluding carboxylic acids is 1. The van der Waals surface area contributed by atoms with Gasteiger partial charge in [0.25, 0.3) is 0 Å². The maximum atomic E-state index is 12.4. The van der Waals surface area contributed by atoms with Crippen molar-refractivity contribution in [3.8, 4) is 0 Å². The van der Waals surface area contributed by atoms with Crippen molar-refractivity contribution in [1.29, 1.82) is 0 Å². The molecule has 3 N–H and O–H groups in total. The highest BCUT2D eigenvalue weighted by atomic mass is 16.3. The molecular weight excluding hydrogens is 687 g/mol. The van der Waals surface area contributed by atoms with Gasteiger partial charge in [-0.25, -0.2) is 0 Å². The van der Waals surface area contributed by atoms with E-state index in [9.17, 15) is 15.0 Å². The Morgan fingerprint density at radius 1 is 0.357 bits per heavy atom. The van der Waals surface area contributed by atoms with Crippen LogP contribution in [0.5, 0.6) is 0 Å². The summed E-state index contributed by atoms with van der Waals surface area (Å²) in [6.07, 6.45) is 60.9. The summed E-state index contributed by atoms with van der Waals surface area (Å²) in [5.74, 6) is -0.0266. The van der Waals surface area contributed by atoms with E-state index >= 15 is 0 Å². The highest BCUT2D eigenvalue weighted by molar-refractivity contribution is 5.76. The third-order valence-electron chi connectivity index (χ3n) is 12.6. The molecule has 1 amide bonds. The summed E-state index contributed by atoms with van der Waals surface area (Å²) in [5, 5.41) is 23.2. The molecule has 0 rings (SSSR count). The number of carbonyl (C=O) groups is 1. The Balaban J connectivity index is 3.35. The number of amides is 1. The lowest BCUT2D eigenvalue weighted by Gasteiger charge is -2.22.